The van der Waals surface area contributed by atoms with Crippen molar-refractivity contribution in [2.24, 2.45) is 5.92 Å². The monoisotopic (exact) mass is 357 g/mol. The second-order valence-corrected chi connectivity index (χ2v) is 6.25. The summed E-state index contributed by atoms with van der Waals surface area (Å²) in [5, 5.41) is 13.0. The zero-order valence-electron chi connectivity index (χ0n) is 14.6. The zero-order valence-corrected chi connectivity index (χ0v) is 14.6. The van der Waals surface area contributed by atoms with Crippen LogP contribution < -0.4 is 10.1 Å². The van der Waals surface area contributed by atoms with Crippen molar-refractivity contribution in [3.05, 3.63) is 42.2 Å². The number of piperidine rings is 1. The first-order valence-corrected chi connectivity index (χ1v) is 8.80. The summed E-state index contributed by atoms with van der Waals surface area (Å²) in [7, 11) is 0. The van der Waals surface area contributed by atoms with Crippen molar-refractivity contribution in [1.82, 2.24) is 25.6 Å². The molecule has 0 spiro atoms. The van der Waals surface area contributed by atoms with E-state index in [1.807, 2.05) is 35.2 Å². The molecule has 2 amide bonds. The van der Waals surface area contributed by atoms with Crippen LogP contribution in [0.5, 0.6) is 5.75 Å². The minimum atomic E-state index is -0.0634. The third kappa shape index (κ3) is 5.05. The van der Waals surface area contributed by atoms with Gasteiger partial charge in [0.25, 0.3) is 0 Å². The van der Waals surface area contributed by atoms with Crippen LogP contribution in [-0.4, -0.2) is 51.8 Å². The Morgan fingerprint density at radius 3 is 2.69 bits per heavy atom. The first-order valence-electron chi connectivity index (χ1n) is 8.80. The highest BCUT2D eigenvalue weighted by Crippen LogP contribution is 2.18. The molecule has 1 aliphatic heterocycles. The van der Waals surface area contributed by atoms with Crippen LogP contribution in [0.25, 0.3) is 0 Å². The Labute approximate surface area is 151 Å². The molecule has 0 saturated carbocycles. The summed E-state index contributed by atoms with van der Waals surface area (Å²) in [4.78, 5) is 26.3. The number of nitrogens with one attached hydrogen (secondary N) is 2. The molecule has 26 heavy (non-hydrogen) atoms. The third-order valence-corrected chi connectivity index (χ3v) is 4.45. The van der Waals surface area contributed by atoms with E-state index in [9.17, 15) is 9.59 Å². The van der Waals surface area contributed by atoms with Crippen LogP contribution in [0.1, 0.15) is 25.0 Å². The van der Waals surface area contributed by atoms with E-state index in [-0.39, 0.29) is 17.7 Å². The van der Waals surface area contributed by atoms with Gasteiger partial charge in [0.05, 0.1) is 25.8 Å². The molecule has 8 nitrogen and oxygen atoms in total. The fourth-order valence-electron chi connectivity index (χ4n) is 2.95. The van der Waals surface area contributed by atoms with Crippen molar-refractivity contribution in [2.75, 3.05) is 19.7 Å². The summed E-state index contributed by atoms with van der Waals surface area (Å²) in [6, 6.07) is 9.45. The van der Waals surface area contributed by atoms with Gasteiger partial charge in [-0.2, -0.15) is 15.4 Å². The lowest BCUT2D eigenvalue weighted by molar-refractivity contribution is -0.136. The van der Waals surface area contributed by atoms with Crippen LogP contribution in [0.4, 0.5) is 0 Å². The fraction of sp³-hybridized carbons (Fsp3) is 0.444. The second-order valence-electron chi connectivity index (χ2n) is 6.25. The molecule has 1 aliphatic rings. The van der Waals surface area contributed by atoms with Crippen LogP contribution >= 0.6 is 0 Å². The second kappa shape index (κ2) is 8.98. The summed E-state index contributed by atoms with van der Waals surface area (Å²) in [6.45, 7) is 1.94. The molecule has 138 valence electrons. The number of likely N-dealkylation sites (tertiary alicyclic amines) is 1. The molecular formula is C18H23N5O3. The molecule has 1 aromatic carbocycles. The van der Waals surface area contributed by atoms with Crippen LogP contribution in [-0.2, 0) is 16.1 Å². The average Bonchev–Trinajstić information content (AvgIpc) is 3.20. The van der Waals surface area contributed by atoms with Gasteiger partial charge in [0.1, 0.15) is 11.4 Å². The number of rotatable bonds is 7. The van der Waals surface area contributed by atoms with Crippen LogP contribution in [0.2, 0.25) is 0 Å². The summed E-state index contributed by atoms with van der Waals surface area (Å²) in [6.07, 6.45) is 3.28. The molecule has 2 heterocycles. The summed E-state index contributed by atoms with van der Waals surface area (Å²) < 4.78 is 5.57. The topological polar surface area (TPSA) is 100 Å². The molecule has 2 N–H and O–H groups in total. The predicted molar refractivity (Wildman–Crippen MR) is 94.1 cm³/mol. The Hall–Kier alpha value is -2.90. The molecular weight excluding hydrogens is 334 g/mol. The van der Waals surface area contributed by atoms with Gasteiger partial charge in [-0.05, 0) is 25.0 Å². The van der Waals surface area contributed by atoms with Crippen LogP contribution in [0.3, 0.4) is 0 Å². The highest BCUT2D eigenvalue weighted by Gasteiger charge is 2.27. The smallest absolute Gasteiger partial charge is 0.225 e. The first-order chi connectivity index (χ1) is 12.7. The van der Waals surface area contributed by atoms with E-state index >= 15 is 0 Å². The van der Waals surface area contributed by atoms with Crippen molar-refractivity contribution in [3.63, 3.8) is 0 Å². The number of nitrogens with zero attached hydrogens (tertiary/aromatic N) is 3. The van der Waals surface area contributed by atoms with Crippen molar-refractivity contribution in [2.45, 2.75) is 25.8 Å². The lowest BCUT2D eigenvalue weighted by Crippen LogP contribution is -2.43. The summed E-state index contributed by atoms with van der Waals surface area (Å²) in [5.41, 5.74) is 0.698. The highest BCUT2D eigenvalue weighted by molar-refractivity contribution is 5.80. The first kappa shape index (κ1) is 17.9. The molecule has 8 heteroatoms. The number of H-pyrrole nitrogens is 1. The Bertz CT molecular complexity index is 697. The van der Waals surface area contributed by atoms with Gasteiger partial charge in [-0.3, -0.25) is 9.59 Å². The zero-order chi connectivity index (χ0) is 18.2. The van der Waals surface area contributed by atoms with Gasteiger partial charge in [-0.1, -0.05) is 18.2 Å². The molecule has 2 aromatic rings. The number of hydrogen-bond acceptors (Lipinski definition) is 5. The Morgan fingerprint density at radius 1 is 1.23 bits per heavy atom. The maximum Gasteiger partial charge on any atom is 0.225 e. The number of aromatic amines is 1. The minimum Gasteiger partial charge on any atom is -0.493 e. The van der Waals surface area contributed by atoms with Crippen molar-refractivity contribution in [1.29, 1.82) is 0 Å². The third-order valence-electron chi connectivity index (χ3n) is 4.45. The van der Waals surface area contributed by atoms with E-state index in [0.717, 1.165) is 5.75 Å². The summed E-state index contributed by atoms with van der Waals surface area (Å²) >= 11 is 0. The summed E-state index contributed by atoms with van der Waals surface area (Å²) in [5.74, 6) is 0.782. The Morgan fingerprint density at radius 2 is 2.00 bits per heavy atom. The standard InChI is InChI=1S/C18H23N5O3/c24-17(8-11-26-16-4-2-1-3-5-16)23-9-6-14(7-10-23)18(25)19-12-15-13-20-22-21-15/h1-5,13-14H,6-12H2,(H,19,25)(H,20,21,22). The molecule has 0 atom stereocenters. The molecule has 0 aliphatic carbocycles. The number of para-hydroxylation sites is 1. The average molecular weight is 357 g/mol. The van der Waals surface area contributed by atoms with Crippen molar-refractivity contribution >= 4 is 11.8 Å². The van der Waals surface area contributed by atoms with Gasteiger partial charge >= 0.3 is 0 Å². The molecule has 3 rings (SSSR count). The number of aromatic nitrogens is 3. The van der Waals surface area contributed by atoms with Gasteiger partial charge in [0.15, 0.2) is 0 Å². The Balaban J connectivity index is 1.34. The molecule has 0 radical (unpaired) electrons. The van der Waals surface area contributed by atoms with Crippen LogP contribution in [0, 0.1) is 5.92 Å². The molecule has 0 unspecified atom stereocenters. The molecule has 0 bridgehead atoms. The van der Waals surface area contributed by atoms with Gasteiger partial charge < -0.3 is 15.0 Å². The number of carbonyl (C=O) groups is 2. The number of hydrogen-bond donors (Lipinski definition) is 2. The van der Waals surface area contributed by atoms with E-state index in [0.29, 0.717) is 51.2 Å². The van der Waals surface area contributed by atoms with Gasteiger partial charge in [0, 0.05) is 19.0 Å². The van der Waals surface area contributed by atoms with E-state index in [4.69, 9.17) is 4.74 Å². The maximum absolute atomic E-state index is 12.3. The predicted octanol–water partition coefficient (Wildman–Crippen LogP) is 1.13. The van der Waals surface area contributed by atoms with Gasteiger partial charge in [-0.15, -0.1) is 0 Å². The van der Waals surface area contributed by atoms with E-state index in [1.165, 1.54) is 0 Å². The number of benzene rings is 1. The lowest BCUT2D eigenvalue weighted by atomic mass is 9.95. The van der Waals surface area contributed by atoms with Crippen LogP contribution in [0.15, 0.2) is 36.5 Å². The van der Waals surface area contributed by atoms with Crippen molar-refractivity contribution in [3.8, 4) is 5.75 Å². The SMILES string of the molecule is O=C(NCc1cn[nH]n1)C1CCN(C(=O)CCOc2ccccc2)CC1. The number of carbonyl (C=O) groups excluding carboxylic acids is 2. The van der Waals surface area contributed by atoms with E-state index in [1.54, 1.807) is 6.20 Å². The molecule has 1 aromatic heterocycles. The number of ether oxygens (including phenoxy) is 1. The lowest BCUT2D eigenvalue weighted by Gasteiger charge is -2.31. The van der Waals surface area contributed by atoms with Crippen molar-refractivity contribution < 1.29 is 14.3 Å². The van der Waals surface area contributed by atoms with Gasteiger partial charge in [0.2, 0.25) is 11.8 Å². The minimum absolute atomic E-state index is 0.00695. The molecule has 1 saturated heterocycles. The molecule has 1 fully saturated rings. The fourth-order valence-corrected chi connectivity index (χ4v) is 2.95. The normalized spacial score (nSPS) is 14.8. The Kier molecular flexibility index (Phi) is 6.19. The van der Waals surface area contributed by atoms with E-state index in [2.05, 4.69) is 20.7 Å². The highest BCUT2D eigenvalue weighted by atomic mass is 16.5. The van der Waals surface area contributed by atoms with Gasteiger partial charge in [-0.25, -0.2) is 0 Å². The largest absolute Gasteiger partial charge is 0.493 e. The van der Waals surface area contributed by atoms with E-state index < -0.39 is 0 Å². The quantitative estimate of drug-likeness (QED) is 0.774. The maximum atomic E-state index is 12.3. The number of amides is 2.